The zero-order valence-electron chi connectivity index (χ0n) is 24.5. The number of hydrogen-bond donors (Lipinski definition) is 2. The Morgan fingerprint density at radius 2 is 0.950 bits per heavy atom. The molecule has 6 nitrogen and oxygen atoms in total. The number of piperidine rings is 2. The van der Waals surface area contributed by atoms with Gasteiger partial charge in [-0.1, -0.05) is 38.1 Å². The van der Waals surface area contributed by atoms with Crippen LogP contribution in [0.5, 0.6) is 0 Å². The summed E-state index contributed by atoms with van der Waals surface area (Å²) in [5, 5.41) is 0. The lowest BCUT2D eigenvalue weighted by Crippen LogP contribution is -3.13. The number of halogens is 2. The second-order valence-corrected chi connectivity index (χ2v) is 15.3. The highest BCUT2D eigenvalue weighted by atomic mass is 35.5. The molecule has 10 heteroatoms. The van der Waals surface area contributed by atoms with Crippen LogP contribution in [0.2, 0.25) is 0 Å². The predicted octanol–water partition coefficient (Wildman–Crippen LogP) is -3.47. The van der Waals surface area contributed by atoms with E-state index < -0.39 is 19.7 Å². The van der Waals surface area contributed by atoms with Gasteiger partial charge >= 0.3 is 0 Å². The monoisotopic (exact) mass is 634 g/mol. The smallest absolute Gasteiger partial charge is 0.175 e. The van der Waals surface area contributed by atoms with E-state index in [2.05, 4.69) is 26.0 Å². The van der Waals surface area contributed by atoms with E-state index in [0.717, 1.165) is 0 Å². The molecule has 0 unspecified atom stereocenters. The maximum atomic E-state index is 11.6. The zero-order valence-corrected chi connectivity index (χ0v) is 27.6. The van der Waals surface area contributed by atoms with Crippen molar-refractivity contribution >= 4 is 19.7 Å². The molecule has 0 saturated carbocycles. The molecule has 0 radical (unpaired) electrons. The minimum atomic E-state index is -3.09. The van der Waals surface area contributed by atoms with Gasteiger partial charge < -0.3 is 34.6 Å². The van der Waals surface area contributed by atoms with Crippen LogP contribution < -0.4 is 34.6 Å². The molecule has 2 saturated heterocycles. The number of sulfone groups is 2. The lowest BCUT2D eigenvalue weighted by molar-refractivity contribution is -0.905. The lowest BCUT2D eigenvalue weighted by Gasteiger charge is -2.29. The van der Waals surface area contributed by atoms with Crippen molar-refractivity contribution in [1.82, 2.24) is 0 Å². The Labute approximate surface area is 255 Å². The van der Waals surface area contributed by atoms with Crippen LogP contribution in [0.25, 0.3) is 0 Å². The van der Waals surface area contributed by atoms with Crippen LogP contribution in [0.15, 0.2) is 58.3 Å². The number of hydrogen-bond acceptors (Lipinski definition) is 4. The van der Waals surface area contributed by atoms with Gasteiger partial charge in [0.15, 0.2) is 19.7 Å². The van der Waals surface area contributed by atoms with Gasteiger partial charge in [0.05, 0.1) is 49.1 Å². The fraction of sp³-hybridized carbons (Fsp3) is 0.600. The molecule has 2 aromatic carbocycles. The van der Waals surface area contributed by atoms with E-state index in [1.54, 1.807) is 21.9 Å². The van der Waals surface area contributed by atoms with E-state index in [1.807, 2.05) is 24.3 Å². The Bertz CT molecular complexity index is 1140. The third-order valence-electron chi connectivity index (χ3n) is 8.11. The summed E-state index contributed by atoms with van der Waals surface area (Å²) < 4.78 is 46.4. The maximum Gasteiger partial charge on any atom is 0.175 e. The Kier molecular flexibility index (Phi) is 15.7. The summed E-state index contributed by atoms with van der Waals surface area (Å²) in [7, 11) is -6.18. The standard InChI is InChI=1S/2C15H23NO2S.2ClH/c2*1-3-9-16-10-7-13(8-11-16)14-5-4-6-15(12-14)19(2,17)18;;/h2*4-6,12-13H,3,7-11H2,1-2H3;2*1H. The van der Waals surface area contributed by atoms with Gasteiger partial charge in [-0.15, -0.1) is 0 Å². The van der Waals surface area contributed by atoms with Crippen LogP contribution in [0, 0.1) is 0 Å². The molecule has 0 amide bonds. The summed E-state index contributed by atoms with van der Waals surface area (Å²) >= 11 is 0. The average molecular weight is 636 g/mol. The molecule has 2 aromatic rings. The molecule has 40 heavy (non-hydrogen) atoms. The van der Waals surface area contributed by atoms with E-state index >= 15 is 0 Å². The van der Waals surface area contributed by atoms with Gasteiger partial charge in [-0.05, 0) is 60.1 Å². The van der Waals surface area contributed by atoms with Crippen molar-refractivity contribution in [1.29, 1.82) is 0 Å². The van der Waals surface area contributed by atoms with Crippen LogP contribution >= 0.6 is 0 Å². The summed E-state index contributed by atoms with van der Waals surface area (Å²) in [6.07, 6.45) is 9.71. The SMILES string of the molecule is CCC[NH+]1CCC(c2cccc(S(C)(=O)=O)c2)CC1.CCC[NH+]1CCC(c2cccc(S(C)(=O)=O)c2)CC1.[Cl-].[Cl-]. The Hall–Kier alpha value is -1.16. The van der Waals surface area contributed by atoms with Gasteiger partial charge in [-0.25, -0.2) is 16.8 Å². The van der Waals surface area contributed by atoms with Crippen molar-refractivity contribution < 1.29 is 51.4 Å². The molecule has 2 aliphatic rings. The van der Waals surface area contributed by atoms with Crippen molar-refractivity contribution in [2.75, 3.05) is 51.8 Å². The van der Waals surface area contributed by atoms with Crippen LogP contribution in [-0.4, -0.2) is 68.6 Å². The largest absolute Gasteiger partial charge is 1.00 e. The predicted molar refractivity (Wildman–Crippen MR) is 155 cm³/mol. The van der Waals surface area contributed by atoms with Crippen LogP contribution in [0.3, 0.4) is 0 Å². The third kappa shape index (κ3) is 11.3. The summed E-state index contributed by atoms with van der Waals surface area (Å²) in [5.74, 6) is 1.06. The van der Waals surface area contributed by atoms with E-state index in [0.29, 0.717) is 21.6 Å². The highest BCUT2D eigenvalue weighted by Gasteiger charge is 2.24. The van der Waals surface area contributed by atoms with Crippen LogP contribution in [0.1, 0.15) is 75.3 Å². The fourth-order valence-electron chi connectivity index (χ4n) is 5.92. The van der Waals surface area contributed by atoms with Gasteiger partial charge in [0.1, 0.15) is 0 Å². The molecule has 4 rings (SSSR count). The number of quaternary nitrogens is 2. The first-order chi connectivity index (χ1) is 18.0. The first kappa shape index (κ1) is 36.9. The van der Waals surface area contributed by atoms with E-state index in [4.69, 9.17) is 0 Å². The number of rotatable bonds is 8. The van der Waals surface area contributed by atoms with E-state index in [9.17, 15) is 16.8 Å². The van der Waals surface area contributed by atoms with Crippen LogP contribution in [0.4, 0.5) is 0 Å². The van der Waals surface area contributed by atoms with Gasteiger partial charge in [-0.2, -0.15) is 0 Å². The van der Waals surface area contributed by atoms with Crippen LogP contribution in [-0.2, 0) is 19.7 Å². The Morgan fingerprint density at radius 3 is 1.23 bits per heavy atom. The number of benzene rings is 2. The minimum Gasteiger partial charge on any atom is -1.00 e. The first-order valence-electron chi connectivity index (χ1n) is 14.3. The molecule has 2 fully saturated rings. The molecule has 0 bridgehead atoms. The summed E-state index contributed by atoms with van der Waals surface area (Å²) in [4.78, 5) is 4.29. The first-order valence-corrected chi connectivity index (χ1v) is 18.1. The molecule has 0 atom stereocenters. The lowest BCUT2D eigenvalue weighted by atomic mass is 9.89. The Morgan fingerprint density at radius 1 is 0.625 bits per heavy atom. The van der Waals surface area contributed by atoms with Crippen molar-refractivity contribution in [3.8, 4) is 0 Å². The quantitative estimate of drug-likeness (QED) is 0.317. The van der Waals surface area contributed by atoms with Gasteiger partial charge in [0.2, 0.25) is 0 Å². The number of nitrogens with one attached hydrogen (secondary N) is 2. The Balaban J connectivity index is 0.000000381. The molecule has 0 aliphatic carbocycles. The highest BCUT2D eigenvalue weighted by molar-refractivity contribution is 7.91. The molecule has 2 N–H and O–H groups in total. The molecule has 0 aromatic heterocycles. The second-order valence-electron chi connectivity index (χ2n) is 11.2. The molecule has 2 heterocycles. The molecular weight excluding hydrogens is 587 g/mol. The zero-order chi connectivity index (χ0) is 27.8. The van der Waals surface area contributed by atoms with E-state index in [1.165, 1.54) is 101 Å². The molecule has 2 aliphatic heterocycles. The highest BCUT2D eigenvalue weighted by Crippen LogP contribution is 2.27. The number of likely N-dealkylation sites (tertiary alicyclic amines) is 2. The van der Waals surface area contributed by atoms with Gasteiger partial charge in [0.25, 0.3) is 0 Å². The topological polar surface area (TPSA) is 77.2 Å². The van der Waals surface area contributed by atoms with Crippen molar-refractivity contribution in [3.05, 3.63) is 59.7 Å². The summed E-state index contributed by atoms with van der Waals surface area (Å²) in [5.41, 5.74) is 2.39. The third-order valence-corrected chi connectivity index (χ3v) is 10.3. The maximum absolute atomic E-state index is 11.6. The van der Waals surface area contributed by atoms with Crippen molar-refractivity contribution in [2.45, 2.75) is 74.0 Å². The average Bonchev–Trinajstić information content (AvgIpc) is 2.90. The van der Waals surface area contributed by atoms with Gasteiger partial charge in [-0.3, -0.25) is 0 Å². The minimum absolute atomic E-state index is 0. The molecule has 228 valence electrons. The molecular formula is C30H48Cl2N2O4S2. The summed E-state index contributed by atoms with van der Waals surface area (Å²) in [6, 6.07) is 15.0. The summed E-state index contributed by atoms with van der Waals surface area (Å²) in [6.45, 7) is 11.8. The van der Waals surface area contributed by atoms with Crippen molar-refractivity contribution in [3.63, 3.8) is 0 Å². The second kappa shape index (κ2) is 17.1. The van der Waals surface area contributed by atoms with E-state index in [-0.39, 0.29) is 24.8 Å². The fourth-order valence-corrected chi connectivity index (χ4v) is 7.28. The molecule has 0 spiro atoms. The van der Waals surface area contributed by atoms with Crippen molar-refractivity contribution in [2.24, 2.45) is 0 Å². The van der Waals surface area contributed by atoms with Gasteiger partial charge in [0, 0.05) is 38.2 Å². The normalized spacial score (nSPS) is 23.1.